The third kappa shape index (κ3) is 20.1. The zero-order valence-corrected chi connectivity index (χ0v) is 46.4. The Hall–Kier alpha value is -7.03. The zero-order chi connectivity index (χ0) is 56.0. The molecular formula is C59H75N5O13S. The monoisotopic (exact) mass is 1090 g/mol. The highest BCUT2D eigenvalue weighted by Gasteiger charge is 2.37. The van der Waals surface area contributed by atoms with Gasteiger partial charge in [-0.2, -0.15) is 0 Å². The molecule has 0 fully saturated rings. The number of thioether (sulfide) groups is 1. The molecule has 0 aliphatic heterocycles. The SMILES string of the molecule is CCN(CC)CCN(CC)C(=O)Oc1ccc(COC(=O)Oc2ccc([N+](=O)[O-])cc2)cc1CN(CCCOCCOCCOCCCNC(=O)CCSC(c1ccccc1)(c1ccccc1)c1ccc(OC)cc1)C(C)=O. The number of likely N-dealkylation sites (N-methyl/N-ethyl adjacent to an activating group) is 2. The molecule has 0 unspecified atom stereocenters. The molecule has 0 radical (unpaired) electrons. The van der Waals surface area contributed by atoms with Crippen LogP contribution in [-0.2, 0) is 46.4 Å². The number of nitrogens with zero attached hydrogens (tertiary/aromatic N) is 4. The number of hydrogen-bond acceptors (Lipinski definition) is 15. The van der Waals surface area contributed by atoms with Crippen molar-refractivity contribution in [3.63, 3.8) is 0 Å². The number of ether oxygens (including phenoxy) is 7. The van der Waals surface area contributed by atoms with E-state index < -0.39 is 21.9 Å². The van der Waals surface area contributed by atoms with Crippen molar-refractivity contribution in [3.8, 4) is 17.2 Å². The van der Waals surface area contributed by atoms with Gasteiger partial charge in [0.05, 0.1) is 43.2 Å². The first-order valence-electron chi connectivity index (χ1n) is 26.5. The lowest BCUT2D eigenvalue weighted by Crippen LogP contribution is -2.40. The van der Waals surface area contributed by atoms with Crippen molar-refractivity contribution >= 4 is 41.5 Å². The smallest absolute Gasteiger partial charge is 0.497 e. The number of nitro groups is 1. The van der Waals surface area contributed by atoms with Crippen LogP contribution in [0.4, 0.5) is 15.3 Å². The second kappa shape index (κ2) is 34.0. The van der Waals surface area contributed by atoms with Gasteiger partial charge in [-0.3, -0.25) is 19.7 Å². The van der Waals surface area contributed by atoms with E-state index in [4.69, 9.17) is 33.2 Å². The third-order valence-electron chi connectivity index (χ3n) is 12.7. The van der Waals surface area contributed by atoms with E-state index in [1.54, 1.807) is 46.9 Å². The number of non-ortho nitro benzene ring substituents is 1. The number of nitrogens with one attached hydrogen (secondary N) is 1. The van der Waals surface area contributed by atoms with Crippen LogP contribution in [0, 0.1) is 10.1 Å². The average Bonchev–Trinajstić information content (AvgIpc) is 3.52. The zero-order valence-electron chi connectivity index (χ0n) is 45.6. The first-order valence-corrected chi connectivity index (χ1v) is 27.4. The van der Waals surface area contributed by atoms with Crippen molar-refractivity contribution < 1.29 is 57.3 Å². The number of nitro benzene ring substituents is 1. The van der Waals surface area contributed by atoms with E-state index in [0.717, 1.165) is 35.5 Å². The van der Waals surface area contributed by atoms with E-state index in [1.165, 1.54) is 31.2 Å². The average molecular weight is 1090 g/mol. The molecule has 0 atom stereocenters. The minimum Gasteiger partial charge on any atom is -0.497 e. The van der Waals surface area contributed by atoms with Crippen LogP contribution < -0.4 is 19.5 Å². The van der Waals surface area contributed by atoms with Crippen LogP contribution in [0.5, 0.6) is 17.2 Å². The summed E-state index contributed by atoms with van der Waals surface area (Å²) in [5.41, 5.74) is 4.26. The lowest BCUT2D eigenvalue weighted by Gasteiger charge is -2.35. The fraction of sp³-hybridized carbons (Fsp3) is 0.424. The van der Waals surface area contributed by atoms with Crippen molar-refractivity contribution in [3.05, 3.63) is 165 Å². The Bertz CT molecular complexity index is 2550. The predicted octanol–water partition coefficient (Wildman–Crippen LogP) is 9.89. The van der Waals surface area contributed by atoms with Crippen LogP contribution in [0.2, 0.25) is 0 Å². The molecule has 5 aromatic rings. The topological polar surface area (TPSA) is 198 Å². The molecule has 5 aromatic carbocycles. The molecule has 0 aliphatic carbocycles. The van der Waals surface area contributed by atoms with Gasteiger partial charge in [0.1, 0.15) is 23.9 Å². The molecule has 0 spiro atoms. The number of methoxy groups -OCH3 is 1. The van der Waals surface area contributed by atoms with Crippen molar-refractivity contribution in [2.45, 2.75) is 64.9 Å². The fourth-order valence-electron chi connectivity index (χ4n) is 8.35. The third-order valence-corrected chi connectivity index (χ3v) is 14.3. The molecule has 420 valence electrons. The van der Waals surface area contributed by atoms with E-state index in [0.29, 0.717) is 109 Å². The Morgan fingerprint density at radius 2 is 1.24 bits per heavy atom. The van der Waals surface area contributed by atoms with Gasteiger partial charge in [-0.05, 0) is 91.5 Å². The maximum atomic E-state index is 13.4. The largest absolute Gasteiger partial charge is 0.514 e. The summed E-state index contributed by atoms with van der Waals surface area (Å²) in [6.07, 6.45) is -0.0164. The maximum absolute atomic E-state index is 13.4. The normalized spacial score (nSPS) is 11.2. The highest BCUT2D eigenvalue weighted by atomic mass is 32.2. The Balaban J connectivity index is 1.00. The van der Waals surface area contributed by atoms with Gasteiger partial charge in [-0.25, -0.2) is 9.59 Å². The Morgan fingerprint density at radius 3 is 1.82 bits per heavy atom. The Kier molecular flexibility index (Phi) is 26.9. The number of carbonyl (C=O) groups excluding carboxylic acids is 4. The van der Waals surface area contributed by atoms with Gasteiger partial charge in [0, 0.05) is 89.3 Å². The van der Waals surface area contributed by atoms with Crippen LogP contribution in [0.15, 0.2) is 127 Å². The summed E-state index contributed by atoms with van der Waals surface area (Å²) in [5.74, 6) is 1.49. The number of hydrogen-bond donors (Lipinski definition) is 1. The highest BCUT2D eigenvalue weighted by Crippen LogP contribution is 2.49. The Morgan fingerprint density at radius 1 is 0.654 bits per heavy atom. The van der Waals surface area contributed by atoms with Gasteiger partial charge >= 0.3 is 12.2 Å². The minimum atomic E-state index is -1.02. The summed E-state index contributed by atoms with van der Waals surface area (Å²) in [6, 6.07) is 38.9. The molecule has 0 saturated heterocycles. The van der Waals surface area contributed by atoms with Crippen molar-refractivity contribution in [1.82, 2.24) is 20.0 Å². The lowest BCUT2D eigenvalue weighted by atomic mass is 9.84. The van der Waals surface area contributed by atoms with Crippen LogP contribution >= 0.6 is 11.8 Å². The van der Waals surface area contributed by atoms with Crippen LogP contribution in [-0.4, -0.2) is 142 Å². The van der Waals surface area contributed by atoms with E-state index in [9.17, 15) is 29.3 Å². The predicted molar refractivity (Wildman–Crippen MR) is 300 cm³/mol. The molecule has 19 heteroatoms. The van der Waals surface area contributed by atoms with E-state index >= 15 is 0 Å². The Labute approximate surface area is 462 Å². The van der Waals surface area contributed by atoms with E-state index in [2.05, 4.69) is 60.5 Å². The first-order chi connectivity index (χ1) is 37.9. The first kappa shape index (κ1) is 61.8. The highest BCUT2D eigenvalue weighted by molar-refractivity contribution is 8.00. The molecule has 0 aromatic heterocycles. The minimum absolute atomic E-state index is 0.0166. The quantitative estimate of drug-likeness (QED) is 0.0100. The lowest BCUT2D eigenvalue weighted by molar-refractivity contribution is -0.384. The standard InChI is InChI=1S/C59H75N5O13S/c1-6-61(7-2)34-35-62(8-3)57(67)77-55-30-21-47(45-75-58(68)76-54-28-24-52(25-29-54)64(69)70)43-48(55)44-63(46(4)65)33-16-37-73-39-41-74-40-38-72-36-15-32-60-56(66)31-42-78-59(49-17-11-9-12-18-49,50-19-13-10-14-20-50)51-22-26-53(71-5)27-23-51/h9-14,17-30,43H,6-8,15-16,31-42,44-45H2,1-5H3,(H,60,66). The molecule has 0 saturated carbocycles. The van der Waals surface area contributed by atoms with Gasteiger partial charge in [0.2, 0.25) is 11.8 Å². The summed E-state index contributed by atoms with van der Waals surface area (Å²) in [4.78, 5) is 67.8. The molecular weight excluding hydrogens is 1020 g/mol. The van der Waals surface area contributed by atoms with Gasteiger partial charge in [0.25, 0.3) is 5.69 Å². The molecule has 0 heterocycles. The molecule has 1 N–H and O–H groups in total. The van der Waals surface area contributed by atoms with Crippen molar-refractivity contribution in [2.75, 3.05) is 98.3 Å². The van der Waals surface area contributed by atoms with Gasteiger partial charge in [0.15, 0.2) is 0 Å². The summed E-state index contributed by atoms with van der Waals surface area (Å²) in [5, 5.41) is 14.0. The molecule has 0 bridgehead atoms. The summed E-state index contributed by atoms with van der Waals surface area (Å²) in [6.45, 7) is 13.8. The summed E-state index contributed by atoms with van der Waals surface area (Å²) < 4.78 is 38.6. The van der Waals surface area contributed by atoms with Crippen molar-refractivity contribution in [2.24, 2.45) is 0 Å². The summed E-state index contributed by atoms with van der Waals surface area (Å²) >= 11 is 1.74. The maximum Gasteiger partial charge on any atom is 0.514 e. The van der Waals surface area contributed by atoms with Gasteiger partial charge in [-0.1, -0.05) is 92.7 Å². The number of rotatable bonds is 35. The van der Waals surface area contributed by atoms with Crippen LogP contribution in [0.3, 0.4) is 0 Å². The van der Waals surface area contributed by atoms with Crippen molar-refractivity contribution in [1.29, 1.82) is 0 Å². The molecule has 5 rings (SSSR count). The number of amides is 3. The molecule has 0 aliphatic rings. The van der Waals surface area contributed by atoms with Crippen LogP contribution in [0.25, 0.3) is 0 Å². The fourth-order valence-corrected chi connectivity index (χ4v) is 9.85. The van der Waals surface area contributed by atoms with Crippen LogP contribution in [0.1, 0.15) is 74.8 Å². The van der Waals surface area contributed by atoms with Gasteiger partial charge in [-0.15, -0.1) is 11.8 Å². The van der Waals surface area contributed by atoms with Gasteiger partial charge < -0.3 is 53.2 Å². The van der Waals surface area contributed by atoms with E-state index in [-0.39, 0.29) is 42.2 Å². The molecule has 18 nitrogen and oxygen atoms in total. The second-order valence-electron chi connectivity index (χ2n) is 17.9. The summed E-state index contributed by atoms with van der Waals surface area (Å²) in [7, 11) is 1.66. The van der Waals surface area contributed by atoms with E-state index in [1.807, 2.05) is 55.5 Å². The molecule has 78 heavy (non-hydrogen) atoms. The number of benzene rings is 5. The molecule has 3 amide bonds. The number of carbonyl (C=O) groups is 4. The second-order valence-corrected chi connectivity index (χ2v) is 19.2.